The van der Waals surface area contributed by atoms with Gasteiger partial charge in [0.15, 0.2) is 5.56 Å². The van der Waals surface area contributed by atoms with Crippen molar-refractivity contribution in [2.45, 2.75) is 6.54 Å². The van der Waals surface area contributed by atoms with Crippen LogP contribution in [0.15, 0.2) is 30.5 Å². The van der Waals surface area contributed by atoms with Gasteiger partial charge in [-0.05, 0) is 11.0 Å². The highest BCUT2D eigenvalue weighted by Crippen LogP contribution is 2.17. The lowest BCUT2D eigenvalue weighted by molar-refractivity contribution is -0.390. The molecule has 2 rings (SSSR count). The minimum atomic E-state index is -1.45. The summed E-state index contributed by atoms with van der Waals surface area (Å²) in [7, 11) is 0. The molecule has 0 aliphatic heterocycles. The van der Waals surface area contributed by atoms with Crippen LogP contribution in [0.25, 0.3) is 0 Å². The Morgan fingerprint density at radius 2 is 2.16 bits per heavy atom. The Bertz CT molecular complexity index is 622. The van der Waals surface area contributed by atoms with Crippen molar-refractivity contribution in [3.05, 3.63) is 57.5 Å². The van der Waals surface area contributed by atoms with Crippen molar-refractivity contribution in [3.8, 4) is 0 Å². The highest BCUT2D eigenvalue weighted by Gasteiger charge is 2.26. The van der Waals surface area contributed by atoms with Gasteiger partial charge < -0.3 is 15.2 Å². The van der Waals surface area contributed by atoms with Crippen LogP contribution in [0.3, 0.4) is 0 Å². The standard InChI is InChI=1S/C11H8FN3O4/c12-9-4-2-1-3-7(9)5-14-6-8(11(16)17)10(13-14)15(18)19/h1-4,6H,5H2,(H,16,17). The Morgan fingerprint density at radius 1 is 1.47 bits per heavy atom. The van der Waals surface area contributed by atoms with Crippen molar-refractivity contribution < 1.29 is 19.2 Å². The number of rotatable bonds is 4. The van der Waals surface area contributed by atoms with Crippen LogP contribution in [0.5, 0.6) is 0 Å². The average Bonchev–Trinajstić information content (AvgIpc) is 2.76. The van der Waals surface area contributed by atoms with Gasteiger partial charge in [0.1, 0.15) is 5.82 Å². The van der Waals surface area contributed by atoms with E-state index in [9.17, 15) is 19.3 Å². The largest absolute Gasteiger partial charge is 0.477 e. The minimum absolute atomic E-state index is 0.0825. The summed E-state index contributed by atoms with van der Waals surface area (Å²) in [6.07, 6.45) is 1.01. The zero-order valence-electron chi connectivity index (χ0n) is 9.49. The number of aromatic carboxylic acids is 1. The van der Waals surface area contributed by atoms with E-state index in [-0.39, 0.29) is 12.1 Å². The maximum absolute atomic E-state index is 13.4. The summed E-state index contributed by atoms with van der Waals surface area (Å²) in [5.41, 5.74) is -0.266. The Balaban J connectivity index is 2.37. The number of benzene rings is 1. The van der Waals surface area contributed by atoms with E-state index in [0.29, 0.717) is 0 Å². The fourth-order valence-electron chi connectivity index (χ4n) is 1.58. The molecule has 0 aliphatic rings. The van der Waals surface area contributed by atoms with Crippen LogP contribution in [0.4, 0.5) is 10.2 Å². The molecule has 0 saturated heterocycles. The van der Waals surface area contributed by atoms with Crippen molar-refractivity contribution in [3.63, 3.8) is 0 Å². The van der Waals surface area contributed by atoms with E-state index in [4.69, 9.17) is 5.11 Å². The number of carboxylic acid groups (broad SMARTS) is 1. The average molecular weight is 265 g/mol. The molecule has 2 aromatic rings. The Hall–Kier alpha value is -2.77. The van der Waals surface area contributed by atoms with Gasteiger partial charge in [-0.15, -0.1) is 0 Å². The van der Waals surface area contributed by atoms with Crippen LogP contribution < -0.4 is 0 Å². The Labute approximate surface area is 106 Å². The first-order valence-electron chi connectivity index (χ1n) is 5.17. The fraction of sp³-hybridized carbons (Fsp3) is 0.0909. The van der Waals surface area contributed by atoms with Crippen LogP contribution in [-0.2, 0) is 6.54 Å². The normalized spacial score (nSPS) is 10.4. The van der Waals surface area contributed by atoms with Crippen LogP contribution in [0.2, 0.25) is 0 Å². The smallest absolute Gasteiger partial charge is 0.404 e. The molecule has 0 bridgehead atoms. The van der Waals surface area contributed by atoms with Crippen molar-refractivity contribution in [1.29, 1.82) is 0 Å². The second kappa shape index (κ2) is 4.84. The highest BCUT2D eigenvalue weighted by atomic mass is 19.1. The number of carbonyl (C=O) groups is 1. The fourth-order valence-corrected chi connectivity index (χ4v) is 1.58. The van der Waals surface area contributed by atoms with Gasteiger partial charge >= 0.3 is 11.8 Å². The Kier molecular flexibility index (Phi) is 3.23. The third-order valence-electron chi connectivity index (χ3n) is 2.44. The molecule has 0 atom stereocenters. The first-order chi connectivity index (χ1) is 8.99. The van der Waals surface area contributed by atoms with Crippen molar-refractivity contribution in [2.75, 3.05) is 0 Å². The predicted molar refractivity (Wildman–Crippen MR) is 61.3 cm³/mol. The highest BCUT2D eigenvalue weighted by molar-refractivity contribution is 5.91. The van der Waals surface area contributed by atoms with E-state index in [0.717, 1.165) is 10.9 Å². The molecule has 19 heavy (non-hydrogen) atoms. The zero-order valence-corrected chi connectivity index (χ0v) is 9.49. The van der Waals surface area contributed by atoms with Gasteiger partial charge in [0.05, 0.1) is 17.8 Å². The molecular weight excluding hydrogens is 257 g/mol. The number of aromatic nitrogens is 2. The van der Waals surface area contributed by atoms with Crippen LogP contribution in [0.1, 0.15) is 15.9 Å². The van der Waals surface area contributed by atoms with Crippen molar-refractivity contribution >= 4 is 11.8 Å². The molecule has 0 saturated carbocycles. The third-order valence-corrected chi connectivity index (χ3v) is 2.44. The molecule has 1 aromatic heterocycles. The number of halogens is 1. The minimum Gasteiger partial charge on any atom is -0.477 e. The molecule has 0 amide bonds. The lowest BCUT2D eigenvalue weighted by Crippen LogP contribution is -2.03. The maximum Gasteiger partial charge on any atom is 0.404 e. The van der Waals surface area contributed by atoms with Crippen molar-refractivity contribution in [1.82, 2.24) is 9.78 Å². The van der Waals surface area contributed by atoms with E-state index in [1.54, 1.807) is 6.07 Å². The summed E-state index contributed by atoms with van der Waals surface area (Å²) in [6.45, 7) is -0.0825. The summed E-state index contributed by atoms with van der Waals surface area (Å²) in [5.74, 6) is -2.70. The second-order valence-corrected chi connectivity index (χ2v) is 3.72. The molecular formula is C11H8FN3O4. The summed E-state index contributed by atoms with van der Waals surface area (Å²) >= 11 is 0. The number of carboxylic acids is 1. The molecule has 1 aromatic carbocycles. The van der Waals surface area contributed by atoms with Gasteiger partial charge in [-0.1, -0.05) is 18.2 Å². The summed E-state index contributed by atoms with van der Waals surface area (Å²) in [6, 6.07) is 5.84. The van der Waals surface area contributed by atoms with E-state index in [1.165, 1.54) is 18.2 Å². The maximum atomic E-state index is 13.4. The molecule has 0 spiro atoms. The van der Waals surface area contributed by atoms with Crippen LogP contribution in [-0.4, -0.2) is 25.8 Å². The van der Waals surface area contributed by atoms with Gasteiger partial charge in [-0.2, -0.15) is 4.68 Å². The lowest BCUT2D eigenvalue weighted by Gasteiger charge is -1.99. The monoisotopic (exact) mass is 265 g/mol. The van der Waals surface area contributed by atoms with Gasteiger partial charge in [0, 0.05) is 5.56 Å². The quantitative estimate of drug-likeness (QED) is 0.669. The zero-order chi connectivity index (χ0) is 14.0. The molecule has 7 nitrogen and oxygen atoms in total. The Morgan fingerprint density at radius 3 is 2.68 bits per heavy atom. The van der Waals surface area contributed by atoms with Gasteiger partial charge in [-0.3, -0.25) is 0 Å². The molecule has 0 aliphatic carbocycles. The molecule has 0 fully saturated rings. The van der Waals surface area contributed by atoms with Gasteiger partial charge in [0.2, 0.25) is 0 Å². The number of hydrogen-bond acceptors (Lipinski definition) is 4. The van der Waals surface area contributed by atoms with Crippen LogP contribution in [0, 0.1) is 15.9 Å². The number of nitrogens with zero attached hydrogens (tertiary/aromatic N) is 3. The second-order valence-electron chi connectivity index (χ2n) is 3.72. The molecule has 0 radical (unpaired) electrons. The SMILES string of the molecule is O=C(O)c1cn(Cc2ccccc2F)nc1[N+](=O)[O-]. The number of nitro groups is 1. The predicted octanol–water partition coefficient (Wildman–Crippen LogP) is 1.68. The topological polar surface area (TPSA) is 98.3 Å². The van der Waals surface area contributed by atoms with Gasteiger partial charge in [0.25, 0.3) is 0 Å². The van der Waals surface area contributed by atoms with Crippen molar-refractivity contribution in [2.24, 2.45) is 0 Å². The molecule has 0 unspecified atom stereocenters. The molecule has 98 valence electrons. The van der Waals surface area contributed by atoms with E-state index in [2.05, 4.69) is 5.10 Å². The molecule has 1 heterocycles. The molecule has 8 heteroatoms. The third kappa shape index (κ3) is 2.57. The molecule has 1 N–H and O–H groups in total. The summed E-state index contributed by atoms with van der Waals surface area (Å²) < 4.78 is 14.4. The summed E-state index contributed by atoms with van der Waals surface area (Å²) in [4.78, 5) is 20.6. The van der Waals surface area contributed by atoms with E-state index < -0.39 is 28.1 Å². The van der Waals surface area contributed by atoms with E-state index in [1.807, 2.05) is 0 Å². The van der Waals surface area contributed by atoms with Gasteiger partial charge in [-0.25, -0.2) is 9.18 Å². The first kappa shape index (κ1) is 12.7. The first-order valence-corrected chi connectivity index (χ1v) is 5.17. The van der Waals surface area contributed by atoms with E-state index >= 15 is 0 Å². The lowest BCUT2D eigenvalue weighted by atomic mass is 10.2. The number of hydrogen-bond donors (Lipinski definition) is 1. The van der Waals surface area contributed by atoms with Crippen LogP contribution >= 0.6 is 0 Å². The summed E-state index contributed by atoms with van der Waals surface area (Å²) in [5, 5.41) is 23.0.